The quantitative estimate of drug-likeness (QED) is 0.670. The zero-order valence-corrected chi connectivity index (χ0v) is 11.9. The maximum atomic E-state index is 12.0. The molecule has 3 aromatic carbocycles. The molecule has 0 aliphatic rings. The molecular formula is C19H16O2. The molecule has 3 rings (SSSR count). The molecule has 0 saturated carbocycles. The lowest BCUT2D eigenvalue weighted by atomic mass is 9.94. The molecular weight excluding hydrogens is 260 g/mol. The minimum absolute atomic E-state index is 0.285. The van der Waals surface area contributed by atoms with E-state index in [1.807, 2.05) is 42.5 Å². The van der Waals surface area contributed by atoms with Gasteiger partial charge in [0.25, 0.3) is 0 Å². The van der Waals surface area contributed by atoms with Gasteiger partial charge in [-0.1, -0.05) is 60.7 Å². The summed E-state index contributed by atoms with van der Waals surface area (Å²) in [5.41, 5.74) is 2.84. The Kier molecular flexibility index (Phi) is 3.69. The molecule has 0 aliphatic heterocycles. The molecule has 2 nitrogen and oxygen atoms in total. The van der Waals surface area contributed by atoms with Crippen molar-refractivity contribution in [2.45, 2.75) is 6.42 Å². The second-order valence-electron chi connectivity index (χ2n) is 4.97. The van der Waals surface area contributed by atoms with Gasteiger partial charge in [0.2, 0.25) is 0 Å². The van der Waals surface area contributed by atoms with E-state index in [4.69, 9.17) is 4.74 Å². The molecule has 104 valence electrons. The van der Waals surface area contributed by atoms with Gasteiger partial charge in [0.05, 0.1) is 12.7 Å². The van der Waals surface area contributed by atoms with Gasteiger partial charge in [0.1, 0.15) is 0 Å². The molecule has 0 N–H and O–H groups in total. The number of fused-ring (bicyclic) bond motifs is 1. The SMILES string of the molecule is COC(=O)c1ccc2ccccc2c1Cc1ccccc1. The van der Waals surface area contributed by atoms with Gasteiger partial charge in [0.15, 0.2) is 0 Å². The van der Waals surface area contributed by atoms with Crippen LogP contribution >= 0.6 is 0 Å². The minimum Gasteiger partial charge on any atom is -0.465 e. The Hall–Kier alpha value is -2.61. The summed E-state index contributed by atoms with van der Waals surface area (Å²) >= 11 is 0. The molecule has 0 saturated heterocycles. The third-order valence-corrected chi connectivity index (χ3v) is 3.67. The molecule has 0 bridgehead atoms. The molecule has 0 spiro atoms. The predicted octanol–water partition coefficient (Wildman–Crippen LogP) is 4.22. The van der Waals surface area contributed by atoms with E-state index in [9.17, 15) is 4.79 Å². The number of ether oxygens (including phenoxy) is 1. The van der Waals surface area contributed by atoms with E-state index in [2.05, 4.69) is 24.3 Å². The monoisotopic (exact) mass is 276 g/mol. The first-order valence-electron chi connectivity index (χ1n) is 6.92. The average Bonchev–Trinajstić information content (AvgIpc) is 2.55. The smallest absolute Gasteiger partial charge is 0.338 e. The topological polar surface area (TPSA) is 26.3 Å². The Bertz CT molecular complexity index is 776. The summed E-state index contributed by atoms with van der Waals surface area (Å²) in [4.78, 5) is 12.0. The second-order valence-corrected chi connectivity index (χ2v) is 4.97. The molecule has 2 heteroatoms. The number of carbonyl (C=O) groups excluding carboxylic acids is 1. The van der Waals surface area contributed by atoms with Crippen LogP contribution in [-0.2, 0) is 11.2 Å². The minimum atomic E-state index is -0.285. The van der Waals surface area contributed by atoms with E-state index < -0.39 is 0 Å². The summed E-state index contributed by atoms with van der Waals surface area (Å²) in [6.45, 7) is 0. The maximum Gasteiger partial charge on any atom is 0.338 e. The molecule has 0 radical (unpaired) electrons. The van der Waals surface area contributed by atoms with E-state index in [1.165, 1.54) is 12.7 Å². The maximum absolute atomic E-state index is 12.0. The van der Waals surface area contributed by atoms with Crippen LogP contribution in [0, 0.1) is 0 Å². The Morgan fingerprint density at radius 2 is 1.62 bits per heavy atom. The van der Waals surface area contributed by atoms with Crippen LogP contribution < -0.4 is 0 Å². The summed E-state index contributed by atoms with van der Waals surface area (Å²) < 4.78 is 4.92. The largest absolute Gasteiger partial charge is 0.465 e. The van der Waals surface area contributed by atoms with Gasteiger partial charge >= 0.3 is 5.97 Å². The molecule has 0 unspecified atom stereocenters. The molecule has 3 aromatic rings. The normalized spacial score (nSPS) is 10.5. The number of hydrogen-bond donors (Lipinski definition) is 0. The van der Waals surface area contributed by atoms with Crippen LogP contribution in [0.2, 0.25) is 0 Å². The first kappa shape index (κ1) is 13.4. The van der Waals surface area contributed by atoms with Crippen molar-refractivity contribution in [3.8, 4) is 0 Å². The zero-order valence-electron chi connectivity index (χ0n) is 11.9. The summed E-state index contributed by atoms with van der Waals surface area (Å²) in [5, 5.41) is 2.24. The summed E-state index contributed by atoms with van der Waals surface area (Å²) in [5.74, 6) is -0.285. The molecule has 0 aromatic heterocycles. The van der Waals surface area contributed by atoms with Crippen LogP contribution in [-0.4, -0.2) is 13.1 Å². The molecule has 0 heterocycles. The number of rotatable bonds is 3. The van der Waals surface area contributed by atoms with E-state index in [0.717, 1.165) is 16.3 Å². The molecule has 0 fully saturated rings. The third-order valence-electron chi connectivity index (χ3n) is 3.67. The summed E-state index contributed by atoms with van der Waals surface area (Å²) in [7, 11) is 1.42. The summed E-state index contributed by atoms with van der Waals surface area (Å²) in [6, 6.07) is 22.1. The van der Waals surface area contributed by atoms with Gasteiger partial charge in [-0.3, -0.25) is 0 Å². The van der Waals surface area contributed by atoms with Crippen LogP contribution in [0.25, 0.3) is 10.8 Å². The van der Waals surface area contributed by atoms with Crippen molar-refractivity contribution in [2.24, 2.45) is 0 Å². The van der Waals surface area contributed by atoms with Crippen molar-refractivity contribution in [3.63, 3.8) is 0 Å². The lowest BCUT2D eigenvalue weighted by molar-refractivity contribution is 0.0600. The fourth-order valence-electron chi connectivity index (χ4n) is 2.63. The third kappa shape index (κ3) is 2.65. The Morgan fingerprint density at radius 1 is 0.905 bits per heavy atom. The number of benzene rings is 3. The lowest BCUT2D eigenvalue weighted by Crippen LogP contribution is -2.07. The summed E-state index contributed by atoms with van der Waals surface area (Å²) in [6.07, 6.45) is 0.715. The Balaban J connectivity index is 2.18. The van der Waals surface area contributed by atoms with Gasteiger partial charge in [-0.05, 0) is 34.4 Å². The number of hydrogen-bond acceptors (Lipinski definition) is 2. The Labute approximate surface area is 124 Å². The van der Waals surface area contributed by atoms with Gasteiger partial charge in [-0.15, -0.1) is 0 Å². The molecule has 0 aliphatic carbocycles. The number of carbonyl (C=O) groups is 1. The van der Waals surface area contributed by atoms with Crippen molar-refractivity contribution in [1.29, 1.82) is 0 Å². The van der Waals surface area contributed by atoms with Crippen molar-refractivity contribution >= 4 is 16.7 Å². The molecule has 21 heavy (non-hydrogen) atoms. The van der Waals surface area contributed by atoms with Crippen molar-refractivity contribution in [2.75, 3.05) is 7.11 Å². The average molecular weight is 276 g/mol. The highest BCUT2D eigenvalue weighted by molar-refractivity contribution is 5.99. The first-order chi connectivity index (χ1) is 10.3. The van der Waals surface area contributed by atoms with E-state index in [-0.39, 0.29) is 5.97 Å². The van der Waals surface area contributed by atoms with Crippen molar-refractivity contribution < 1.29 is 9.53 Å². The van der Waals surface area contributed by atoms with Gasteiger partial charge in [-0.25, -0.2) is 4.79 Å². The van der Waals surface area contributed by atoms with Crippen molar-refractivity contribution in [1.82, 2.24) is 0 Å². The fourth-order valence-corrected chi connectivity index (χ4v) is 2.63. The standard InChI is InChI=1S/C19H16O2/c1-21-19(20)17-12-11-15-9-5-6-10-16(15)18(17)13-14-7-3-2-4-8-14/h2-12H,13H2,1H3. The van der Waals surface area contributed by atoms with E-state index >= 15 is 0 Å². The van der Waals surface area contributed by atoms with E-state index in [0.29, 0.717) is 12.0 Å². The highest BCUT2D eigenvalue weighted by Crippen LogP contribution is 2.25. The van der Waals surface area contributed by atoms with Crippen molar-refractivity contribution in [3.05, 3.63) is 83.4 Å². The van der Waals surface area contributed by atoms with Gasteiger partial charge < -0.3 is 4.74 Å². The number of esters is 1. The number of methoxy groups -OCH3 is 1. The molecule has 0 atom stereocenters. The first-order valence-corrected chi connectivity index (χ1v) is 6.92. The Morgan fingerprint density at radius 3 is 2.38 bits per heavy atom. The van der Waals surface area contributed by atoms with E-state index in [1.54, 1.807) is 0 Å². The van der Waals surface area contributed by atoms with Crippen LogP contribution in [0.1, 0.15) is 21.5 Å². The zero-order chi connectivity index (χ0) is 14.7. The lowest BCUT2D eigenvalue weighted by Gasteiger charge is -2.12. The van der Waals surface area contributed by atoms with Crippen LogP contribution in [0.15, 0.2) is 66.7 Å². The van der Waals surface area contributed by atoms with Crippen LogP contribution in [0.3, 0.4) is 0 Å². The predicted molar refractivity (Wildman–Crippen MR) is 84.5 cm³/mol. The molecule has 0 amide bonds. The van der Waals surface area contributed by atoms with Gasteiger partial charge in [0, 0.05) is 0 Å². The van der Waals surface area contributed by atoms with Crippen LogP contribution in [0.4, 0.5) is 0 Å². The second kappa shape index (κ2) is 5.80. The van der Waals surface area contributed by atoms with Crippen LogP contribution in [0.5, 0.6) is 0 Å². The highest BCUT2D eigenvalue weighted by Gasteiger charge is 2.14. The van der Waals surface area contributed by atoms with Gasteiger partial charge in [-0.2, -0.15) is 0 Å². The highest BCUT2D eigenvalue weighted by atomic mass is 16.5. The fraction of sp³-hybridized carbons (Fsp3) is 0.105.